The van der Waals surface area contributed by atoms with Gasteiger partial charge in [0, 0.05) is 31.8 Å². The van der Waals surface area contributed by atoms with E-state index in [1.165, 1.54) is 0 Å². The fourth-order valence-electron chi connectivity index (χ4n) is 1.86. The molecule has 0 aliphatic rings. The summed E-state index contributed by atoms with van der Waals surface area (Å²) in [7, 11) is 0. The van der Waals surface area contributed by atoms with Crippen LogP contribution < -0.4 is 10.6 Å². The lowest BCUT2D eigenvalue weighted by molar-refractivity contribution is 0.262. The number of carbonyl (C=O) groups excluding carboxylic acids is 1. The van der Waals surface area contributed by atoms with E-state index in [0.717, 1.165) is 16.6 Å². The van der Waals surface area contributed by atoms with Crippen LogP contribution in [0, 0.1) is 0 Å². The maximum absolute atomic E-state index is 11.8. The number of pyridine rings is 1. The van der Waals surface area contributed by atoms with E-state index in [-0.39, 0.29) is 21.3 Å². The smallest absolute Gasteiger partial charge is 0.323 e. The molecule has 3 rings (SSSR count). The minimum atomic E-state index is -0.289. The summed E-state index contributed by atoms with van der Waals surface area (Å²) in [5, 5.41) is 6.55. The van der Waals surface area contributed by atoms with Crippen molar-refractivity contribution in [3.05, 3.63) is 55.0 Å². The molecule has 0 aliphatic heterocycles. The van der Waals surface area contributed by atoms with Crippen molar-refractivity contribution in [3.8, 4) is 0 Å². The lowest BCUT2D eigenvalue weighted by Crippen LogP contribution is -2.19. The van der Waals surface area contributed by atoms with Gasteiger partial charge in [-0.25, -0.2) is 4.79 Å². The van der Waals surface area contributed by atoms with E-state index in [4.69, 9.17) is 0 Å². The summed E-state index contributed by atoms with van der Waals surface area (Å²) in [5.41, 5.74) is 2.44. The van der Waals surface area contributed by atoms with Gasteiger partial charge in [-0.3, -0.25) is 4.98 Å². The van der Waals surface area contributed by atoms with E-state index >= 15 is 0 Å². The first-order chi connectivity index (χ1) is 9.31. The topological polar surface area (TPSA) is 69.8 Å². The highest BCUT2D eigenvalue weighted by Gasteiger charge is 2.03. The Morgan fingerprint density at radius 2 is 2.00 bits per heavy atom. The number of urea groups is 1. The van der Waals surface area contributed by atoms with E-state index in [0.29, 0.717) is 5.69 Å². The predicted octanol–water partition coefficient (Wildman–Crippen LogP) is 4.12. The molecule has 5 nitrogen and oxygen atoms in total. The number of H-pyrrole nitrogens is 1. The van der Waals surface area contributed by atoms with Gasteiger partial charge in [0.05, 0.1) is 11.9 Å². The fourth-order valence-corrected chi connectivity index (χ4v) is 1.86. The number of halogens is 1. The van der Waals surface area contributed by atoms with E-state index in [9.17, 15) is 4.79 Å². The number of hydrogen-bond acceptors (Lipinski definition) is 2. The zero-order valence-electron chi connectivity index (χ0n) is 10.5. The van der Waals surface area contributed by atoms with Crippen molar-refractivity contribution in [2.45, 2.75) is 0 Å². The number of aromatic nitrogens is 2. The minimum absolute atomic E-state index is 0. The van der Waals surface area contributed by atoms with Gasteiger partial charge >= 0.3 is 6.03 Å². The Labute approximate surface area is 124 Å². The van der Waals surface area contributed by atoms with Gasteiger partial charge in [0.25, 0.3) is 0 Å². The molecule has 0 spiro atoms. The summed E-state index contributed by atoms with van der Waals surface area (Å²) < 4.78 is 0. The first-order valence-electron chi connectivity index (χ1n) is 5.86. The minimum Gasteiger partial charge on any atom is -0.361 e. The number of nitrogens with one attached hydrogen (secondary N) is 3. The van der Waals surface area contributed by atoms with Crippen molar-refractivity contribution in [3.63, 3.8) is 0 Å². The van der Waals surface area contributed by atoms with Gasteiger partial charge in [0.15, 0.2) is 0 Å². The van der Waals surface area contributed by atoms with Gasteiger partial charge in [0.2, 0.25) is 0 Å². The second-order valence-corrected chi connectivity index (χ2v) is 4.10. The number of rotatable bonds is 2. The third-order valence-electron chi connectivity index (χ3n) is 2.73. The third-order valence-corrected chi connectivity index (χ3v) is 2.73. The second-order valence-electron chi connectivity index (χ2n) is 4.10. The monoisotopic (exact) mass is 292 g/mol. The second kappa shape index (κ2) is 6.08. The number of aromatic amines is 1. The number of anilines is 2. The van der Waals surface area contributed by atoms with Crippen molar-refractivity contribution >= 4 is 40.7 Å². The van der Waals surface area contributed by atoms with Gasteiger partial charge < -0.3 is 15.6 Å². The van der Waals surface area contributed by atoms with Gasteiger partial charge in [0.1, 0.15) is 0 Å². The number of carbonyl (C=O) groups is 1. The molecule has 106 valence electrons. The first kappa shape index (κ1) is 13.9. The van der Waals surface area contributed by atoms with Crippen molar-refractivity contribution in [1.29, 1.82) is 0 Å². The van der Waals surface area contributed by atoms with Gasteiger partial charge in [-0.05, 0) is 36.4 Å². The lowest BCUT2D eigenvalue weighted by atomic mass is 10.2. The van der Waals surface area contributed by atoms with E-state index in [1.807, 2.05) is 30.5 Å². The largest absolute Gasteiger partial charge is 0.361 e. The predicted molar refractivity (Wildman–Crippen MR) is 86.7 cm³/mol. The quantitative estimate of drug-likeness (QED) is 0.665. The Hall–Kier alpha value is -2.53. The molecule has 0 saturated carbocycles. The Bertz CT molecular complexity index is 721. The summed E-state index contributed by atoms with van der Waals surface area (Å²) in [5.74, 6) is 0. The van der Waals surface area contributed by atoms with E-state index in [2.05, 4.69) is 20.6 Å². The SMILES string of the molecule is Cl.O=C(Nc1cccnc1)Nc1ccc2[nH]ccc2c1.[HH].[HH]. The summed E-state index contributed by atoms with van der Waals surface area (Å²) in [4.78, 5) is 18.8. The highest BCUT2D eigenvalue weighted by atomic mass is 35.5. The van der Waals surface area contributed by atoms with Gasteiger partial charge in [-0.1, -0.05) is 0 Å². The first-order valence-corrected chi connectivity index (χ1v) is 5.86. The third kappa shape index (κ3) is 3.07. The van der Waals surface area contributed by atoms with Gasteiger partial charge in [-0.15, -0.1) is 12.4 Å². The number of benzene rings is 1. The van der Waals surface area contributed by atoms with E-state index < -0.39 is 0 Å². The molecule has 3 aromatic rings. The van der Waals surface area contributed by atoms with Crippen LogP contribution in [0.1, 0.15) is 2.85 Å². The molecular formula is C14H17ClN4O. The molecule has 2 heterocycles. The molecule has 2 amide bonds. The number of hydrogen-bond donors (Lipinski definition) is 3. The molecular weight excluding hydrogens is 276 g/mol. The average molecular weight is 293 g/mol. The van der Waals surface area contributed by atoms with Crippen molar-refractivity contribution in [2.24, 2.45) is 0 Å². The highest BCUT2D eigenvalue weighted by molar-refractivity contribution is 6.00. The molecule has 2 aromatic heterocycles. The molecule has 0 aliphatic carbocycles. The zero-order valence-corrected chi connectivity index (χ0v) is 11.3. The van der Waals surface area contributed by atoms with Crippen LogP contribution in [0.3, 0.4) is 0 Å². The van der Waals surface area contributed by atoms with Crippen LogP contribution in [0.5, 0.6) is 0 Å². The zero-order chi connectivity index (χ0) is 13.1. The highest BCUT2D eigenvalue weighted by Crippen LogP contribution is 2.18. The summed E-state index contributed by atoms with van der Waals surface area (Å²) >= 11 is 0. The van der Waals surface area contributed by atoms with Crippen LogP contribution in [0.2, 0.25) is 0 Å². The maximum Gasteiger partial charge on any atom is 0.323 e. The number of nitrogens with zero attached hydrogens (tertiary/aromatic N) is 1. The molecule has 0 radical (unpaired) electrons. The molecule has 1 aromatic carbocycles. The van der Waals surface area contributed by atoms with Crippen LogP contribution in [0.15, 0.2) is 55.0 Å². The van der Waals surface area contributed by atoms with Crippen LogP contribution >= 0.6 is 12.4 Å². The molecule has 0 bridgehead atoms. The maximum atomic E-state index is 11.8. The van der Waals surface area contributed by atoms with Gasteiger partial charge in [-0.2, -0.15) is 0 Å². The standard InChI is InChI=1S/C14H12N4O.ClH.2H2/c19-14(18-12-2-1-6-15-9-12)17-11-3-4-13-10(8-11)5-7-16-13;;;/h1-9,16H,(H2,17,18,19);3*1H. The fraction of sp³-hybridized carbons (Fsp3) is 0. The van der Waals surface area contributed by atoms with Crippen LogP contribution in [-0.4, -0.2) is 16.0 Å². The Morgan fingerprint density at radius 3 is 2.80 bits per heavy atom. The van der Waals surface area contributed by atoms with Crippen LogP contribution in [-0.2, 0) is 0 Å². The Morgan fingerprint density at radius 1 is 1.15 bits per heavy atom. The van der Waals surface area contributed by atoms with Crippen LogP contribution in [0.25, 0.3) is 10.9 Å². The number of amides is 2. The summed E-state index contributed by atoms with van der Waals surface area (Å²) in [6.07, 6.45) is 5.11. The lowest BCUT2D eigenvalue weighted by Gasteiger charge is -2.07. The van der Waals surface area contributed by atoms with Crippen molar-refractivity contribution < 1.29 is 7.65 Å². The molecule has 0 unspecified atom stereocenters. The normalized spacial score (nSPS) is 9.80. The van der Waals surface area contributed by atoms with Crippen LogP contribution in [0.4, 0.5) is 16.2 Å². The molecule has 20 heavy (non-hydrogen) atoms. The Kier molecular flexibility index (Phi) is 4.22. The molecule has 0 saturated heterocycles. The molecule has 6 heteroatoms. The summed E-state index contributed by atoms with van der Waals surface area (Å²) in [6.45, 7) is 0. The number of fused-ring (bicyclic) bond motifs is 1. The Balaban J connectivity index is 0.00000147. The average Bonchev–Trinajstić information content (AvgIpc) is 2.87. The van der Waals surface area contributed by atoms with E-state index in [1.54, 1.807) is 24.5 Å². The molecule has 0 fully saturated rings. The molecule has 3 N–H and O–H groups in total. The van der Waals surface area contributed by atoms with Crippen molar-refractivity contribution in [1.82, 2.24) is 9.97 Å². The van der Waals surface area contributed by atoms with Crippen molar-refractivity contribution in [2.75, 3.05) is 10.6 Å². The summed E-state index contributed by atoms with van der Waals surface area (Å²) in [6, 6.07) is 10.9. The molecule has 0 atom stereocenters.